The fourth-order valence-corrected chi connectivity index (χ4v) is 17.1. The van der Waals surface area contributed by atoms with Crippen LogP contribution in [0.3, 0.4) is 0 Å². The van der Waals surface area contributed by atoms with Crippen LogP contribution in [0.5, 0.6) is 0 Å². The number of aryl methyl sites for hydroxylation is 1. The zero-order valence-corrected chi connectivity index (χ0v) is 21.8. The highest BCUT2D eigenvalue weighted by atomic mass is 79.9. The Hall–Kier alpha value is -1.63. The van der Waals surface area contributed by atoms with Crippen molar-refractivity contribution in [1.29, 1.82) is 0 Å². The second kappa shape index (κ2) is 9.03. The van der Waals surface area contributed by atoms with Crippen LogP contribution in [0, 0.1) is 6.92 Å². The summed E-state index contributed by atoms with van der Waals surface area (Å²) in [6.07, 6.45) is 0. The molecule has 0 spiro atoms. The summed E-state index contributed by atoms with van der Waals surface area (Å²) in [4.78, 5) is 0. The molecule has 0 amide bonds. The fourth-order valence-electron chi connectivity index (χ4n) is 4.61. The van der Waals surface area contributed by atoms with Gasteiger partial charge in [0.05, 0.1) is 0 Å². The van der Waals surface area contributed by atoms with Gasteiger partial charge in [0.25, 0.3) is 0 Å². The quantitative estimate of drug-likeness (QED) is 0.315. The van der Waals surface area contributed by atoms with Crippen molar-refractivity contribution < 1.29 is 0 Å². The molecule has 3 aromatic carbocycles. The molecule has 0 unspecified atom stereocenters. The number of rotatable bonds is 7. The normalized spacial score (nSPS) is 12.1. The van der Waals surface area contributed by atoms with Crippen molar-refractivity contribution in [1.82, 2.24) is 0 Å². The minimum absolute atomic E-state index is 1.15. The average molecular weight is 483 g/mol. The highest BCUT2D eigenvalue weighted by Gasteiger charge is 2.41. The lowest BCUT2D eigenvalue weighted by Gasteiger charge is -2.50. The Morgan fingerprint density at radius 2 is 1.14 bits per heavy atom. The second-order valence-electron chi connectivity index (χ2n) is 9.24. The molecule has 1 nitrogen and oxygen atoms in total. The molecule has 3 rings (SSSR count). The summed E-state index contributed by atoms with van der Waals surface area (Å²) in [5, 5.41) is 0. The maximum atomic E-state index is 3.91. The minimum Gasteiger partial charge on any atom is -0.423 e. The van der Waals surface area contributed by atoms with Gasteiger partial charge < -0.3 is 4.23 Å². The van der Waals surface area contributed by atoms with Crippen LogP contribution in [-0.4, -0.2) is 16.5 Å². The summed E-state index contributed by atoms with van der Waals surface area (Å²) in [7, 11) is -3.57. The van der Waals surface area contributed by atoms with E-state index in [0.29, 0.717) is 0 Å². The number of hydrogen-bond donors (Lipinski definition) is 0. The lowest BCUT2D eigenvalue weighted by Crippen LogP contribution is -2.65. The number of benzene rings is 3. The average Bonchev–Trinajstić information content (AvgIpc) is 2.64. The van der Waals surface area contributed by atoms with Gasteiger partial charge in [0.2, 0.25) is 0 Å². The molecule has 0 aliphatic heterocycles. The Morgan fingerprint density at radius 1 is 0.690 bits per heavy atom. The topological polar surface area (TPSA) is 3.24 Å². The van der Waals surface area contributed by atoms with Crippen molar-refractivity contribution in [2.75, 3.05) is 4.23 Å². The third-order valence-corrected chi connectivity index (χ3v) is 15.2. The van der Waals surface area contributed by atoms with Crippen molar-refractivity contribution in [2.45, 2.75) is 45.2 Å². The molecule has 0 bridgehead atoms. The van der Waals surface area contributed by atoms with E-state index in [4.69, 9.17) is 0 Å². The smallest absolute Gasteiger partial charge is 0.146 e. The maximum Gasteiger partial charge on any atom is 0.146 e. The molecular weight excluding hydrogens is 450 g/mol. The molecule has 4 heteroatoms. The molecule has 0 saturated carbocycles. The molecule has 152 valence electrons. The molecular formula is C25H32BrNSi2. The summed E-state index contributed by atoms with van der Waals surface area (Å²) < 4.78 is 4.11. The largest absolute Gasteiger partial charge is 0.423 e. The lowest BCUT2D eigenvalue weighted by atomic mass is 10.2. The Labute approximate surface area is 187 Å². The van der Waals surface area contributed by atoms with E-state index in [1.165, 1.54) is 26.9 Å². The predicted octanol–water partition coefficient (Wildman–Crippen LogP) is 7.54. The van der Waals surface area contributed by atoms with Crippen molar-refractivity contribution in [3.63, 3.8) is 0 Å². The summed E-state index contributed by atoms with van der Waals surface area (Å²) in [6, 6.07) is 31.2. The van der Waals surface area contributed by atoms with Gasteiger partial charge in [0.15, 0.2) is 0 Å². The first-order chi connectivity index (χ1) is 13.7. The SMILES string of the molecule is Cc1ccc(N([Si](C)(C)Cc2ccccc2)[Si](C)(C)Cc2ccccc2)c(Br)c1. The summed E-state index contributed by atoms with van der Waals surface area (Å²) in [6.45, 7) is 12.3. The van der Waals surface area contributed by atoms with E-state index in [0.717, 1.165) is 12.1 Å². The number of anilines is 1. The van der Waals surface area contributed by atoms with E-state index < -0.39 is 16.5 Å². The van der Waals surface area contributed by atoms with Gasteiger partial charge in [-0.25, -0.2) is 0 Å². The van der Waals surface area contributed by atoms with Gasteiger partial charge in [-0.05, 0) is 63.8 Å². The van der Waals surface area contributed by atoms with Gasteiger partial charge in [0, 0.05) is 10.2 Å². The van der Waals surface area contributed by atoms with Crippen LogP contribution in [0.4, 0.5) is 5.69 Å². The van der Waals surface area contributed by atoms with E-state index >= 15 is 0 Å². The summed E-state index contributed by atoms with van der Waals surface area (Å²) in [5.74, 6) is 0. The molecule has 0 radical (unpaired) electrons. The molecule has 3 aromatic rings. The Balaban J connectivity index is 2.05. The Bertz CT molecular complexity index is 886. The van der Waals surface area contributed by atoms with Crippen LogP contribution in [-0.2, 0) is 12.1 Å². The highest BCUT2D eigenvalue weighted by Crippen LogP contribution is 2.37. The molecule has 0 aliphatic carbocycles. The number of nitrogens with zero attached hydrogens (tertiary/aromatic N) is 1. The first kappa shape index (κ1) is 22.1. The summed E-state index contributed by atoms with van der Waals surface area (Å²) >= 11 is 3.91. The zero-order valence-electron chi connectivity index (χ0n) is 18.2. The molecule has 0 aromatic heterocycles. The van der Waals surface area contributed by atoms with E-state index in [9.17, 15) is 0 Å². The van der Waals surface area contributed by atoms with Gasteiger partial charge in [0.1, 0.15) is 16.5 Å². The molecule has 0 atom stereocenters. The molecule has 0 aliphatic rings. The van der Waals surface area contributed by atoms with Gasteiger partial charge in [-0.15, -0.1) is 0 Å². The van der Waals surface area contributed by atoms with E-state index in [-0.39, 0.29) is 0 Å². The summed E-state index contributed by atoms with van der Waals surface area (Å²) in [5.41, 5.74) is 5.56. The van der Waals surface area contributed by atoms with Crippen molar-refractivity contribution >= 4 is 38.1 Å². The lowest BCUT2D eigenvalue weighted by molar-refractivity contribution is 1.18. The zero-order chi connectivity index (χ0) is 21.1. The van der Waals surface area contributed by atoms with Gasteiger partial charge in [-0.3, -0.25) is 0 Å². The first-order valence-corrected chi connectivity index (χ1v) is 17.4. The van der Waals surface area contributed by atoms with Gasteiger partial charge in [-0.1, -0.05) is 92.9 Å². The van der Waals surface area contributed by atoms with E-state index in [2.05, 4.69) is 132 Å². The Kier molecular flexibility index (Phi) is 6.87. The minimum atomic E-state index is -1.79. The molecule has 0 fully saturated rings. The van der Waals surface area contributed by atoms with Crippen molar-refractivity contribution in [3.8, 4) is 0 Å². The monoisotopic (exact) mass is 481 g/mol. The predicted molar refractivity (Wildman–Crippen MR) is 137 cm³/mol. The van der Waals surface area contributed by atoms with E-state index in [1.54, 1.807) is 0 Å². The standard InChI is InChI=1S/C25H32BrNSi2/c1-21-16-17-25(24(26)18-21)27(28(2,3)19-22-12-8-6-9-13-22)29(4,5)20-23-14-10-7-11-15-23/h6-18H,19-20H2,1-5H3. The molecule has 0 N–H and O–H groups in total. The van der Waals surface area contributed by atoms with Crippen LogP contribution >= 0.6 is 15.9 Å². The van der Waals surface area contributed by atoms with Crippen LogP contribution in [0.2, 0.25) is 26.2 Å². The van der Waals surface area contributed by atoms with Crippen molar-refractivity contribution in [3.05, 3.63) is 100 Å². The van der Waals surface area contributed by atoms with Gasteiger partial charge >= 0.3 is 0 Å². The molecule has 0 saturated heterocycles. The number of hydrogen-bond acceptors (Lipinski definition) is 1. The maximum absolute atomic E-state index is 3.91. The second-order valence-corrected chi connectivity index (χ2v) is 19.4. The van der Waals surface area contributed by atoms with Crippen LogP contribution in [0.1, 0.15) is 16.7 Å². The van der Waals surface area contributed by atoms with Gasteiger partial charge in [-0.2, -0.15) is 0 Å². The van der Waals surface area contributed by atoms with E-state index in [1.807, 2.05) is 0 Å². The van der Waals surface area contributed by atoms with Crippen LogP contribution < -0.4 is 4.23 Å². The number of halogens is 1. The molecule has 0 heterocycles. The van der Waals surface area contributed by atoms with Crippen LogP contribution in [0.15, 0.2) is 83.3 Å². The first-order valence-electron chi connectivity index (χ1n) is 10.3. The fraction of sp³-hybridized carbons (Fsp3) is 0.280. The molecule has 29 heavy (non-hydrogen) atoms. The highest BCUT2D eigenvalue weighted by molar-refractivity contribution is 9.10. The third kappa shape index (κ3) is 5.50. The van der Waals surface area contributed by atoms with Crippen molar-refractivity contribution in [2.24, 2.45) is 0 Å². The third-order valence-electron chi connectivity index (χ3n) is 5.51. The van der Waals surface area contributed by atoms with Crippen LogP contribution in [0.25, 0.3) is 0 Å². The Morgan fingerprint density at radius 3 is 1.55 bits per heavy atom.